The van der Waals surface area contributed by atoms with Gasteiger partial charge in [0.15, 0.2) is 0 Å². The Morgan fingerprint density at radius 3 is 2.58 bits per heavy atom. The lowest BCUT2D eigenvalue weighted by Crippen LogP contribution is -2.36. The molecule has 0 radical (unpaired) electrons. The first kappa shape index (κ1) is 14.9. The highest BCUT2D eigenvalue weighted by Gasteiger charge is 2.23. The van der Waals surface area contributed by atoms with Crippen molar-refractivity contribution in [3.63, 3.8) is 0 Å². The van der Waals surface area contributed by atoms with E-state index in [0.29, 0.717) is 0 Å². The monoisotopic (exact) mass is 269 g/mol. The van der Waals surface area contributed by atoms with Crippen molar-refractivity contribution in [2.45, 2.75) is 13.8 Å². The number of phenols is 1. The first-order valence-electron chi connectivity index (χ1n) is 5.93. The number of halogens is 1. The number of amides is 1. The van der Waals surface area contributed by atoms with Crippen molar-refractivity contribution in [3.8, 4) is 5.75 Å². The molecular weight excluding hydrogens is 253 g/mol. The Labute approximate surface area is 110 Å². The normalized spacial score (nSPS) is 10.1. The summed E-state index contributed by atoms with van der Waals surface area (Å²) in [6.45, 7) is 3.42. The van der Waals surface area contributed by atoms with Gasteiger partial charge in [0.25, 0.3) is 5.91 Å². The molecule has 0 aliphatic heterocycles. The van der Waals surface area contributed by atoms with Crippen LogP contribution in [-0.2, 0) is 9.53 Å². The van der Waals surface area contributed by atoms with E-state index in [9.17, 15) is 19.1 Å². The van der Waals surface area contributed by atoms with E-state index in [2.05, 4.69) is 0 Å². The summed E-state index contributed by atoms with van der Waals surface area (Å²) in [4.78, 5) is 24.5. The Morgan fingerprint density at radius 1 is 1.37 bits per heavy atom. The van der Waals surface area contributed by atoms with Gasteiger partial charge in [-0.25, -0.2) is 4.39 Å². The molecule has 1 amide bonds. The summed E-state index contributed by atoms with van der Waals surface area (Å²) in [6, 6.07) is 3.59. The van der Waals surface area contributed by atoms with Gasteiger partial charge in [-0.05, 0) is 26.0 Å². The molecule has 0 heterocycles. The second kappa shape index (κ2) is 6.72. The molecule has 0 spiro atoms. The van der Waals surface area contributed by atoms with Crippen LogP contribution in [0.15, 0.2) is 18.2 Å². The van der Waals surface area contributed by atoms with Crippen LogP contribution in [-0.4, -0.2) is 41.6 Å². The molecule has 1 aromatic rings. The van der Waals surface area contributed by atoms with Crippen molar-refractivity contribution in [3.05, 3.63) is 29.6 Å². The number of likely N-dealkylation sites (N-methyl/N-ethyl adjacent to an activating group) is 1. The van der Waals surface area contributed by atoms with E-state index < -0.39 is 29.0 Å². The lowest BCUT2D eigenvalue weighted by molar-refractivity contribution is -0.143. The zero-order valence-corrected chi connectivity index (χ0v) is 10.9. The quantitative estimate of drug-likeness (QED) is 0.824. The summed E-state index contributed by atoms with van der Waals surface area (Å²) >= 11 is 0. The third-order valence-electron chi connectivity index (χ3n) is 2.50. The molecule has 0 fully saturated rings. The Hall–Kier alpha value is -2.11. The van der Waals surface area contributed by atoms with E-state index in [1.54, 1.807) is 13.8 Å². The standard InChI is InChI=1S/C13H16FNO4/c1-3-15(8-11(17)19-4-2)13(18)12-9(14)6-5-7-10(12)16/h5-7,16H,3-4,8H2,1-2H3. The van der Waals surface area contributed by atoms with Gasteiger partial charge in [0.05, 0.1) is 6.61 Å². The second-order valence-electron chi connectivity index (χ2n) is 3.76. The molecule has 0 aliphatic rings. The molecule has 0 saturated carbocycles. The molecule has 0 unspecified atom stereocenters. The number of aromatic hydroxyl groups is 1. The van der Waals surface area contributed by atoms with Gasteiger partial charge in [0.1, 0.15) is 23.7 Å². The van der Waals surface area contributed by atoms with Gasteiger partial charge in [-0.15, -0.1) is 0 Å². The van der Waals surface area contributed by atoms with Crippen LogP contribution in [0, 0.1) is 5.82 Å². The van der Waals surface area contributed by atoms with E-state index in [1.165, 1.54) is 12.1 Å². The molecule has 0 bridgehead atoms. The average Bonchev–Trinajstić information content (AvgIpc) is 2.35. The maximum atomic E-state index is 13.6. The molecule has 0 saturated heterocycles. The van der Waals surface area contributed by atoms with Crippen LogP contribution in [0.1, 0.15) is 24.2 Å². The molecular formula is C13H16FNO4. The van der Waals surface area contributed by atoms with Crippen LogP contribution in [0.3, 0.4) is 0 Å². The highest BCUT2D eigenvalue weighted by molar-refractivity contribution is 5.98. The largest absolute Gasteiger partial charge is 0.507 e. The molecule has 1 aromatic carbocycles. The molecule has 5 nitrogen and oxygen atoms in total. The van der Waals surface area contributed by atoms with E-state index in [1.807, 2.05) is 0 Å². The van der Waals surface area contributed by atoms with E-state index in [0.717, 1.165) is 11.0 Å². The lowest BCUT2D eigenvalue weighted by atomic mass is 10.1. The molecule has 0 atom stereocenters. The van der Waals surface area contributed by atoms with Crippen LogP contribution in [0.25, 0.3) is 0 Å². The number of benzene rings is 1. The third-order valence-corrected chi connectivity index (χ3v) is 2.50. The molecule has 1 N–H and O–H groups in total. The van der Waals surface area contributed by atoms with Crippen LogP contribution >= 0.6 is 0 Å². The summed E-state index contributed by atoms with van der Waals surface area (Å²) in [5.74, 6) is -2.60. The van der Waals surface area contributed by atoms with E-state index >= 15 is 0 Å². The zero-order chi connectivity index (χ0) is 14.4. The molecule has 0 aliphatic carbocycles. The predicted molar refractivity (Wildman–Crippen MR) is 66.3 cm³/mol. The van der Waals surface area contributed by atoms with Gasteiger partial charge >= 0.3 is 5.97 Å². The van der Waals surface area contributed by atoms with Crippen molar-refractivity contribution in [2.24, 2.45) is 0 Å². The third kappa shape index (κ3) is 3.67. The predicted octanol–water partition coefficient (Wildman–Crippen LogP) is 1.56. The van der Waals surface area contributed by atoms with E-state index in [-0.39, 0.29) is 19.7 Å². The Bertz CT molecular complexity index is 455. The molecule has 19 heavy (non-hydrogen) atoms. The topological polar surface area (TPSA) is 66.8 Å². The second-order valence-corrected chi connectivity index (χ2v) is 3.76. The Kier molecular flexibility index (Phi) is 5.29. The number of hydrogen-bond donors (Lipinski definition) is 1. The first-order valence-corrected chi connectivity index (χ1v) is 5.93. The van der Waals surface area contributed by atoms with Crippen LogP contribution in [0.2, 0.25) is 0 Å². The van der Waals surface area contributed by atoms with Gasteiger partial charge < -0.3 is 14.7 Å². The van der Waals surface area contributed by atoms with Gasteiger partial charge in [-0.3, -0.25) is 9.59 Å². The first-order chi connectivity index (χ1) is 9.01. The number of esters is 1. The summed E-state index contributed by atoms with van der Waals surface area (Å²) in [6.07, 6.45) is 0. The van der Waals surface area contributed by atoms with Gasteiger partial charge in [-0.1, -0.05) is 6.07 Å². The highest BCUT2D eigenvalue weighted by atomic mass is 19.1. The zero-order valence-electron chi connectivity index (χ0n) is 10.9. The minimum Gasteiger partial charge on any atom is -0.507 e. The van der Waals surface area contributed by atoms with Gasteiger partial charge in [-0.2, -0.15) is 0 Å². The van der Waals surface area contributed by atoms with Gasteiger partial charge in [0.2, 0.25) is 0 Å². The smallest absolute Gasteiger partial charge is 0.325 e. The number of hydrogen-bond acceptors (Lipinski definition) is 4. The molecule has 104 valence electrons. The number of phenolic OH excluding ortho intramolecular Hbond substituents is 1. The summed E-state index contributed by atoms with van der Waals surface area (Å²) in [5, 5.41) is 9.54. The average molecular weight is 269 g/mol. The lowest BCUT2D eigenvalue weighted by Gasteiger charge is -2.20. The van der Waals surface area contributed by atoms with Crippen molar-refractivity contribution >= 4 is 11.9 Å². The molecule has 0 aromatic heterocycles. The number of nitrogens with zero attached hydrogens (tertiary/aromatic N) is 1. The van der Waals surface area contributed by atoms with Crippen molar-refractivity contribution in [2.75, 3.05) is 19.7 Å². The van der Waals surface area contributed by atoms with Crippen LogP contribution in [0.4, 0.5) is 4.39 Å². The SMILES string of the molecule is CCOC(=O)CN(CC)C(=O)c1c(O)cccc1F. The minimum absolute atomic E-state index is 0.200. The highest BCUT2D eigenvalue weighted by Crippen LogP contribution is 2.21. The maximum absolute atomic E-state index is 13.6. The van der Waals surface area contributed by atoms with Gasteiger partial charge in [0, 0.05) is 6.54 Å². The Morgan fingerprint density at radius 2 is 2.05 bits per heavy atom. The fraction of sp³-hybridized carbons (Fsp3) is 0.385. The summed E-state index contributed by atoms with van der Waals surface area (Å²) in [7, 11) is 0. The molecule has 6 heteroatoms. The molecule has 1 rings (SSSR count). The summed E-state index contributed by atoms with van der Waals surface area (Å²) in [5.41, 5.74) is -0.436. The minimum atomic E-state index is -0.827. The summed E-state index contributed by atoms with van der Waals surface area (Å²) < 4.78 is 18.3. The number of carbonyl (C=O) groups excluding carboxylic acids is 2. The number of carbonyl (C=O) groups is 2. The van der Waals surface area contributed by atoms with Crippen LogP contribution in [0.5, 0.6) is 5.75 Å². The maximum Gasteiger partial charge on any atom is 0.325 e. The Balaban J connectivity index is 2.93. The fourth-order valence-electron chi connectivity index (χ4n) is 1.57. The van der Waals surface area contributed by atoms with Crippen molar-refractivity contribution < 1.29 is 23.8 Å². The van der Waals surface area contributed by atoms with E-state index in [4.69, 9.17) is 4.74 Å². The van der Waals surface area contributed by atoms with Crippen molar-refractivity contribution in [1.29, 1.82) is 0 Å². The fourth-order valence-corrected chi connectivity index (χ4v) is 1.57. The number of rotatable bonds is 5. The van der Waals surface area contributed by atoms with Crippen LogP contribution < -0.4 is 0 Å². The van der Waals surface area contributed by atoms with Crippen molar-refractivity contribution in [1.82, 2.24) is 4.90 Å². The number of ether oxygens (including phenoxy) is 1.